The van der Waals surface area contributed by atoms with Crippen molar-refractivity contribution in [1.29, 1.82) is 0 Å². The van der Waals surface area contributed by atoms with E-state index in [9.17, 15) is 4.79 Å². The highest BCUT2D eigenvalue weighted by Crippen LogP contribution is 2.29. The minimum Gasteiger partial charge on any atom is -0.372 e. The number of halogens is 1. The van der Waals surface area contributed by atoms with Gasteiger partial charge in [0.15, 0.2) is 5.17 Å². The van der Waals surface area contributed by atoms with E-state index in [2.05, 4.69) is 39.5 Å². The van der Waals surface area contributed by atoms with Crippen LogP contribution in [-0.4, -0.2) is 24.2 Å². The van der Waals surface area contributed by atoms with Gasteiger partial charge in [0.25, 0.3) is 5.91 Å². The van der Waals surface area contributed by atoms with E-state index < -0.39 is 0 Å². The smallest absolute Gasteiger partial charge is 0.264 e. The Morgan fingerprint density at radius 3 is 2.42 bits per heavy atom. The van der Waals surface area contributed by atoms with Gasteiger partial charge in [-0.25, -0.2) is 4.99 Å². The predicted molar refractivity (Wildman–Crippen MR) is 110 cm³/mol. The summed E-state index contributed by atoms with van der Waals surface area (Å²) < 4.78 is 0. The summed E-state index contributed by atoms with van der Waals surface area (Å²) in [6, 6.07) is 15.6. The quantitative estimate of drug-likeness (QED) is 0.772. The summed E-state index contributed by atoms with van der Waals surface area (Å²) in [6.45, 7) is 2.26. The van der Waals surface area contributed by atoms with Crippen molar-refractivity contribution in [2.75, 3.05) is 18.0 Å². The summed E-state index contributed by atoms with van der Waals surface area (Å²) in [5, 5.41) is 4.05. The number of carbonyl (C=O) groups excluding carboxylic acids is 1. The van der Waals surface area contributed by atoms with Gasteiger partial charge in [0.2, 0.25) is 0 Å². The third kappa shape index (κ3) is 3.94. The number of nitrogens with one attached hydrogen (secondary N) is 1. The van der Waals surface area contributed by atoms with Crippen molar-refractivity contribution >= 4 is 51.9 Å². The van der Waals surface area contributed by atoms with Crippen LogP contribution in [0.4, 0.5) is 11.4 Å². The van der Waals surface area contributed by atoms with Gasteiger partial charge in [0.1, 0.15) is 0 Å². The highest BCUT2D eigenvalue weighted by molar-refractivity contribution is 8.18. The molecule has 2 aromatic carbocycles. The van der Waals surface area contributed by atoms with Crippen LogP contribution >= 0.6 is 23.4 Å². The Morgan fingerprint density at radius 1 is 1.04 bits per heavy atom. The maximum atomic E-state index is 12.2. The molecule has 2 fully saturated rings. The Bertz CT molecular complexity index is 869. The van der Waals surface area contributed by atoms with Gasteiger partial charge >= 0.3 is 0 Å². The SMILES string of the molecule is O=C1NC(=Nc2ccc(Cl)cc2)S/C1=C/c1ccc(N2CCCC2)cc1. The van der Waals surface area contributed by atoms with E-state index in [1.165, 1.54) is 30.3 Å². The van der Waals surface area contributed by atoms with Crippen molar-refractivity contribution < 1.29 is 4.79 Å². The van der Waals surface area contributed by atoms with Crippen LogP contribution in [0.5, 0.6) is 0 Å². The fourth-order valence-corrected chi connectivity index (χ4v) is 3.99. The maximum absolute atomic E-state index is 12.2. The molecule has 0 radical (unpaired) electrons. The zero-order chi connectivity index (χ0) is 17.9. The van der Waals surface area contributed by atoms with Crippen molar-refractivity contribution in [1.82, 2.24) is 5.32 Å². The Labute approximate surface area is 161 Å². The third-order valence-electron chi connectivity index (χ3n) is 4.37. The second-order valence-electron chi connectivity index (χ2n) is 6.24. The molecule has 132 valence electrons. The predicted octanol–water partition coefficient (Wildman–Crippen LogP) is 4.83. The Kier molecular flexibility index (Phi) is 5.00. The van der Waals surface area contributed by atoms with E-state index in [4.69, 9.17) is 11.6 Å². The van der Waals surface area contributed by atoms with E-state index in [0.717, 1.165) is 24.3 Å². The molecule has 2 heterocycles. The van der Waals surface area contributed by atoms with Crippen molar-refractivity contribution in [2.24, 2.45) is 4.99 Å². The number of thioether (sulfide) groups is 1. The van der Waals surface area contributed by atoms with Crippen molar-refractivity contribution in [3.05, 3.63) is 64.0 Å². The lowest BCUT2D eigenvalue weighted by Gasteiger charge is -2.17. The van der Waals surface area contributed by atoms with E-state index >= 15 is 0 Å². The Morgan fingerprint density at radius 2 is 1.73 bits per heavy atom. The largest absolute Gasteiger partial charge is 0.372 e. The standard InChI is InChI=1S/C20H18ClN3OS/c21-15-5-7-16(8-6-15)22-20-23-19(25)18(26-20)13-14-3-9-17(10-4-14)24-11-1-2-12-24/h3-10,13H,1-2,11-12H2,(H,22,23,25)/b18-13+. The molecule has 4 rings (SSSR count). The van der Waals surface area contributed by atoms with Gasteiger partial charge in [-0.15, -0.1) is 0 Å². The molecule has 26 heavy (non-hydrogen) atoms. The van der Waals surface area contributed by atoms with E-state index in [-0.39, 0.29) is 5.91 Å². The molecule has 0 unspecified atom stereocenters. The Balaban J connectivity index is 1.48. The van der Waals surface area contributed by atoms with Crippen LogP contribution in [0.2, 0.25) is 5.02 Å². The van der Waals surface area contributed by atoms with Crippen LogP contribution in [0.25, 0.3) is 6.08 Å². The van der Waals surface area contributed by atoms with Gasteiger partial charge in [-0.1, -0.05) is 23.7 Å². The summed E-state index contributed by atoms with van der Waals surface area (Å²) in [5.41, 5.74) is 3.02. The molecule has 2 aliphatic rings. The molecule has 2 aliphatic heterocycles. The van der Waals surface area contributed by atoms with Crippen LogP contribution in [-0.2, 0) is 4.79 Å². The molecular formula is C20H18ClN3OS. The molecule has 0 saturated carbocycles. The van der Waals surface area contributed by atoms with Crippen molar-refractivity contribution in [2.45, 2.75) is 12.8 Å². The summed E-state index contributed by atoms with van der Waals surface area (Å²) in [5.74, 6) is -0.119. The summed E-state index contributed by atoms with van der Waals surface area (Å²) in [4.78, 5) is 19.7. The number of amidine groups is 1. The monoisotopic (exact) mass is 383 g/mol. The second-order valence-corrected chi connectivity index (χ2v) is 7.71. The zero-order valence-corrected chi connectivity index (χ0v) is 15.7. The molecule has 0 atom stereocenters. The highest BCUT2D eigenvalue weighted by atomic mass is 35.5. The summed E-state index contributed by atoms with van der Waals surface area (Å²) in [6.07, 6.45) is 4.43. The maximum Gasteiger partial charge on any atom is 0.264 e. The molecule has 6 heteroatoms. The van der Waals surface area contributed by atoms with Crippen LogP contribution in [0.15, 0.2) is 58.4 Å². The van der Waals surface area contributed by atoms with E-state index in [1.807, 2.05) is 18.2 Å². The molecule has 1 amide bonds. The number of nitrogens with zero attached hydrogens (tertiary/aromatic N) is 2. The molecule has 0 spiro atoms. The topological polar surface area (TPSA) is 44.7 Å². The van der Waals surface area contributed by atoms with Gasteiger partial charge in [-0.05, 0) is 72.6 Å². The first kappa shape index (κ1) is 17.2. The minimum absolute atomic E-state index is 0.119. The fraction of sp³-hybridized carbons (Fsp3) is 0.200. The lowest BCUT2D eigenvalue weighted by Crippen LogP contribution is -2.19. The number of benzene rings is 2. The van der Waals surface area contributed by atoms with Crippen molar-refractivity contribution in [3.8, 4) is 0 Å². The Hall–Kier alpha value is -2.24. The number of anilines is 1. The number of hydrogen-bond donors (Lipinski definition) is 1. The van der Waals surface area contributed by atoms with Crippen molar-refractivity contribution in [3.63, 3.8) is 0 Å². The second kappa shape index (κ2) is 7.56. The number of rotatable bonds is 3. The normalized spacial score (nSPS) is 20.2. The first-order valence-electron chi connectivity index (χ1n) is 8.57. The molecule has 0 aromatic heterocycles. The molecule has 1 N–H and O–H groups in total. The van der Waals surface area contributed by atoms with Gasteiger partial charge in [-0.3, -0.25) is 4.79 Å². The van der Waals surface area contributed by atoms with Crippen LogP contribution in [0, 0.1) is 0 Å². The van der Waals surface area contributed by atoms with Gasteiger partial charge in [0.05, 0.1) is 10.6 Å². The molecule has 2 saturated heterocycles. The van der Waals surface area contributed by atoms with Gasteiger partial charge in [-0.2, -0.15) is 0 Å². The van der Waals surface area contributed by atoms with Crippen LogP contribution in [0.1, 0.15) is 18.4 Å². The number of amides is 1. The fourth-order valence-electron chi connectivity index (χ4n) is 3.02. The third-order valence-corrected chi connectivity index (χ3v) is 5.53. The molecule has 0 bridgehead atoms. The summed E-state index contributed by atoms with van der Waals surface area (Å²) in [7, 11) is 0. The summed E-state index contributed by atoms with van der Waals surface area (Å²) >= 11 is 7.23. The average Bonchev–Trinajstić information content (AvgIpc) is 3.28. The van der Waals surface area contributed by atoms with Crippen LogP contribution in [0.3, 0.4) is 0 Å². The molecule has 4 nitrogen and oxygen atoms in total. The lowest BCUT2D eigenvalue weighted by atomic mass is 10.2. The molecule has 2 aromatic rings. The van der Waals surface area contributed by atoms with Gasteiger partial charge < -0.3 is 10.2 Å². The first-order chi connectivity index (χ1) is 12.7. The highest BCUT2D eigenvalue weighted by Gasteiger charge is 2.23. The average molecular weight is 384 g/mol. The first-order valence-corrected chi connectivity index (χ1v) is 9.77. The number of carbonyl (C=O) groups is 1. The van der Waals surface area contributed by atoms with Crippen LogP contribution < -0.4 is 10.2 Å². The molecule has 0 aliphatic carbocycles. The minimum atomic E-state index is -0.119. The zero-order valence-electron chi connectivity index (χ0n) is 14.1. The van der Waals surface area contributed by atoms with Gasteiger partial charge in [0, 0.05) is 23.8 Å². The van der Waals surface area contributed by atoms with E-state index in [1.54, 1.807) is 12.1 Å². The number of hydrogen-bond acceptors (Lipinski definition) is 4. The number of aliphatic imine (C=N–C) groups is 1. The molecular weight excluding hydrogens is 366 g/mol. The lowest BCUT2D eigenvalue weighted by molar-refractivity contribution is -0.115. The van der Waals surface area contributed by atoms with E-state index in [0.29, 0.717) is 15.1 Å².